The van der Waals surface area contributed by atoms with Crippen molar-refractivity contribution in [3.8, 4) is 17.3 Å². The summed E-state index contributed by atoms with van der Waals surface area (Å²) in [4.78, 5) is 11.2. The SMILES string of the molecule is CSCN(NC#N)c1cc(Cl)c(-c2ccc(S(=O)(=O)N3CCCC3C(=O)O)cc2)c(C(F)(F)F)c1. The molecule has 2 aromatic rings. The van der Waals surface area contributed by atoms with E-state index < -0.39 is 33.8 Å². The van der Waals surface area contributed by atoms with Crippen molar-refractivity contribution in [1.82, 2.24) is 9.73 Å². The summed E-state index contributed by atoms with van der Waals surface area (Å²) in [6.45, 7) is 0.0375. The molecular formula is C21H20ClF3N4O4S2. The Bertz CT molecular complexity index is 1250. The highest BCUT2D eigenvalue weighted by molar-refractivity contribution is 7.98. The minimum absolute atomic E-state index is 0.0219. The standard InChI is InChI=1S/C21H20ClF3N4O4S2/c1-34-12-28(27-11-26)14-9-16(21(23,24)25)19(17(22)10-14)13-4-6-15(7-5-13)35(32,33)29-8-2-3-18(29)20(30)31/h4-7,9-10,18,27H,2-3,8,12H2,1H3,(H,30,31). The molecule has 1 unspecified atom stereocenters. The van der Waals surface area contributed by atoms with Gasteiger partial charge in [0, 0.05) is 12.1 Å². The third-order valence-corrected chi connectivity index (χ3v) is 8.11. The second kappa shape index (κ2) is 10.5. The van der Waals surface area contributed by atoms with Gasteiger partial charge in [-0.2, -0.15) is 22.7 Å². The Morgan fingerprint density at radius 3 is 2.54 bits per heavy atom. The average Bonchev–Trinajstić information content (AvgIpc) is 3.29. The molecule has 0 spiro atoms. The fraction of sp³-hybridized carbons (Fsp3) is 0.333. The first-order chi connectivity index (χ1) is 16.4. The fourth-order valence-corrected chi connectivity index (χ4v) is 6.27. The van der Waals surface area contributed by atoms with Gasteiger partial charge in [-0.3, -0.25) is 9.80 Å². The quantitative estimate of drug-likeness (QED) is 0.216. The monoisotopic (exact) mass is 548 g/mol. The van der Waals surface area contributed by atoms with Gasteiger partial charge in [0.2, 0.25) is 10.0 Å². The second-order valence-corrected chi connectivity index (χ2v) is 10.7. The van der Waals surface area contributed by atoms with Crippen LogP contribution in [0, 0.1) is 11.5 Å². The Kier molecular flexibility index (Phi) is 8.10. The van der Waals surface area contributed by atoms with Gasteiger partial charge < -0.3 is 5.11 Å². The zero-order valence-electron chi connectivity index (χ0n) is 18.2. The summed E-state index contributed by atoms with van der Waals surface area (Å²) in [5.41, 5.74) is 0.939. The number of aliphatic carboxylic acids is 1. The smallest absolute Gasteiger partial charge is 0.417 e. The minimum atomic E-state index is -4.80. The summed E-state index contributed by atoms with van der Waals surface area (Å²) in [5.74, 6) is -1.09. The van der Waals surface area contributed by atoms with Crippen LogP contribution in [0.2, 0.25) is 5.02 Å². The van der Waals surface area contributed by atoms with E-state index in [2.05, 4.69) is 5.43 Å². The van der Waals surface area contributed by atoms with Gasteiger partial charge in [0.25, 0.3) is 0 Å². The molecule has 0 aromatic heterocycles. The predicted octanol–water partition coefficient (Wildman–Crippen LogP) is 4.38. The lowest BCUT2D eigenvalue weighted by Gasteiger charge is -2.24. The van der Waals surface area contributed by atoms with Crippen molar-refractivity contribution >= 4 is 45.0 Å². The number of carbonyl (C=O) groups is 1. The van der Waals surface area contributed by atoms with Crippen LogP contribution >= 0.6 is 23.4 Å². The second-order valence-electron chi connectivity index (χ2n) is 7.55. The number of nitriles is 1. The van der Waals surface area contributed by atoms with E-state index in [9.17, 15) is 31.5 Å². The number of hydrazine groups is 1. The largest absolute Gasteiger partial charge is 0.480 e. The van der Waals surface area contributed by atoms with Gasteiger partial charge in [0.15, 0.2) is 6.19 Å². The summed E-state index contributed by atoms with van der Waals surface area (Å²) in [6, 6.07) is 5.59. The maximum atomic E-state index is 14.0. The molecule has 1 heterocycles. The van der Waals surface area contributed by atoms with E-state index in [1.807, 2.05) is 0 Å². The molecule has 0 saturated carbocycles. The van der Waals surface area contributed by atoms with Gasteiger partial charge in [0.05, 0.1) is 27.0 Å². The molecule has 0 aliphatic carbocycles. The molecule has 2 aromatic carbocycles. The number of nitrogens with one attached hydrogen (secondary N) is 1. The van der Waals surface area contributed by atoms with Gasteiger partial charge in [-0.1, -0.05) is 23.7 Å². The molecule has 188 valence electrons. The minimum Gasteiger partial charge on any atom is -0.480 e. The molecule has 14 heteroatoms. The first-order valence-corrected chi connectivity index (χ1v) is 13.3. The Morgan fingerprint density at radius 2 is 2.00 bits per heavy atom. The van der Waals surface area contributed by atoms with E-state index in [-0.39, 0.29) is 45.6 Å². The predicted molar refractivity (Wildman–Crippen MR) is 126 cm³/mol. The molecule has 0 bridgehead atoms. The summed E-state index contributed by atoms with van der Waals surface area (Å²) >= 11 is 7.54. The fourth-order valence-electron chi connectivity index (χ4n) is 3.83. The summed E-state index contributed by atoms with van der Waals surface area (Å²) in [6.07, 6.45) is -0.857. The van der Waals surface area contributed by atoms with Crippen LogP contribution in [-0.4, -0.2) is 48.5 Å². The van der Waals surface area contributed by atoms with Crippen LogP contribution in [0.4, 0.5) is 18.9 Å². The Balaban J connectivity index is 2.05. The molecule has 8 nitrogen and oxygen atoms in total. The topological polar surface area (TPSA) is 114 Å². The Morgan fingerprint density at radius 1 is 1.34 bits per heavy atom. The number of sulfonamides is 1. The lowest BCUT2D eigenvalue weighted by atomic mass is 9.98. The van der Waals surface area contributed by atoms with Crippen LogP contribution in [0.25, 0.3) is 11.1 Å². The molecule has 2 N–H and O–H groups in total. The number of rotatable bonds is 8. The van der Waals surface area contributed by atoms with Gasteiger partial charge in [-0.05, 0) is 48.9 Å². The highest BCUT2D eigenvalue weighted by Gasteiger charge is 2.40. The first kappa shape index (κ1) is 26.9. The lowest BCUT2D eigenvalue weighted by Crippen LogP contribution is -2.40. The van der Waals surface area contributed by atoms with Gasteiger partial charge in [-0.25, -0.2) is 13.8 Å². The molecule has 3 rings (SSSR count). The lowest BCUT2D eigenvalue weighted by molar-refractivity contribution is -0.140. The molecule has 1 saturated heterocycles. The number of thioether (sulfide) groups is 1. The summed E-state index contributed by atoms with van der Waals surface area (Å²) in [7, 11) is -4.16. The third kappa shape index (κ3) is 5.61. The van der Waals surface area contributed by atoms with Crippen molar-refractivity contribution < 1.29 is 31.5 Å². The number of anilines is 1. The van der Waals surface area contributed by atoms with E-state index >= 15 is 0 Å². The number of carboxylic acids is 1. The van der Waals surface area contributed by atoms with E-state index in [0.29, 0.717) is 6.42 Å². The van der Waals surface area contributed by atoms with Gasteiger partial charge in [-0.15, -0.1) is 11.8 Å². The van der Waals surface area contributed by atoms with E-state index in [1.54, 1.807) is 12.4 Å². The maximum absolute atomic E-state index is 14.0. The van der Waals surface area contributed by atoms with E-state index in [4.69, 9.17) is 16.9 Å². The van der Waals surface area contributed by atoms with Crippen LogP contribution in [0.5, 0.6) is 0 Å². The van der Waals surface area contributed by atoms with Crippen molar-refractivity contribution in [2.45, 2.75) is 30.0 Å². The molecule has 1 aliphatic rings. The van der Waals surface area contributed by atoms with Gasteiger partial charge in [0.1, 0.15) is 6.04 Å². The summed E-state index contributed by atoms with van der Waals surface area (Å²) < 4.78 is 68.8. The number of nitrogens with zero attached hydrogens (tertiary/aromatic N) is 3. The number of hydrogen-bond acceptors (Lipinski definition) is 7. The third-order valence-electron chi connectivity index (χ3n) is 5.37. The molecule has 1 atom stereocenters. The average molecular weight is 549 g/mol. The molecule has 0 amide bonds. The van der Waals surface area contributed by atoms with Crippen LogP contribution in [-0.2, 0) is 21.0 Å². The molecule has 1 fully saturated rings. The maximum Gasteiger partial charge on any atom is 0.417 e. The van der Waals surface area contributed by atoms with Crippen LogP contribution in [0.3, 0.4) is 0 Å². The molecular weight excluding hydrogens is 529 g/mol. The van der Waals surface area contributed by atoms with Crippen molar-refractivity contribution in [3.05, 3.63) is 47.0 Å². The molecule has 0 radical (unpaired) electrons. The Labute approximate surface area is 209 Å². The van der Waals surface area contributed by atoms with Crippen LogP contribution < -0.4 is 10.4 Å². The van der Waals surface area contributed by atoms with Crippen LogP contribution in [0.1, 0.15) is 18.4 Å². The van der Waals surface area contributed by atoms with E-state index in [0.717, 1.165) is 22.5 Å². The summed E-state index contributed by atoms with van der Waals surface area (Å²) in [5, 5.41) is 19.2. The Hall–Kier alpha value is -2.66. The molecule has 1 aliphatic heterocycles. The van der Waals surface area contributed by atoms with Crippen LogP contribution in [0.15, 0.2) is 41.3 Å². The van der Waals surface area contributed by atoms with Crippen molar-refractivity contribution in [2.24, 2.45) is 0 Å². The zero-order chi connectivity index (χ0) is 26.0. The highest BCUT2D eigenvalue weighted by atomic mass is 35.5. The van der Waals surface area contributed by atoms with Crippen molar-refractivity contribution in [1.29, 1.82) is 5.26 Å². The van der Waals surface area contributed by atoms with Crippen molar-refractivity contribution in [3.63, 3.8) is 0 Å². The molecule has 35 heavy (non-hydrogen) atoms. The number of carboxylic acid groups (broad SMARTS) is 1. The number of hydrogen-bond donors (Lipinski definition) is 2. The normalized spacial score (nSPS) is 16.6. The van der Waals surface area contributed by atoms with E-state index in [1.165, 1.54) is 35.0 Å². The zero-order valence-corrected chi connectivity index (χ0v) is 20.6. The number of alkyl halides is 3. The van der Waals surface area contributed by atoms with Gasteiger partial charge >= 0.3 is 12.1 Å². The highest BCUT2D eigenvalue weighted by Crippen LogP contribution is 2.43. The number of benzene rings is 2. The first-order valence-electron chi connectivity index (χ1n) is 10.1. The number of halogens is 4. The van der Waals surface area contributed by atoms with Crippen molar-refractivity contribution in [2.75, 3.05) is 23.7 Å².